The van der Waals surface area contributed by atoms with E-state index in [1.807, 2.05) is 0 Å². The van der Waals surface area contributed by atoms with Crippen molar-refractivity contribution in [3.8, 4) is 0 Å². The summed E-state index contributed by atoms with van der Waals surface area (Å²) in [6, 6.07) is 8.23. The van der Waals surface area contributed by atoms with Gasteiger partial charge in [0.15, 0.2) is 9.84 Å². The summed E-state index contributed by atoms with van der Waals surface area (Å²) in [6.45, 7) is 0. The van der Waals surface area contributed by atoms with Gasteiger partial charge in [0, 0.05) is 11.8 Å². The third-order valence-electron chi connectivity index (χ3n) is 2.32. The van der Waals surface area contributed by atoms with E-state index in [0.29, 0.717) is 19.3 Å². The number of rotatable bonds is 7. The first kappa shape index (κ1) is 14.9. The van der Waals surface area contributed by atoms with Crippen molar-refractivity contribution in [1.29, 1.82) is 0 Å². The molecule has 0 radical (unpaired) electrons. The Bertz CT molecular complexity index is 506. The topological polar surface area (TPSA) is 51.2 Å². The molecule has 98 valence electrons. The monoisotopic (exact) mass is 286 g/mol. The van der Waals surface area contributed by atoms with Crippen molar-refractivity contribution in [3.63, 3.8) is 0 Å². The Labute approximate surface area is 112 Å². The molecule has 0 aliphatic rings. The zero-order chi connectivity index (χ0) is 13.4. The van der Waals surface area contributed by atoms with Gasteiger partial charge in [-0.1, -0.05) is 24.3 Å². The SMILES string of the molecule is O=C(CCl)CCC/C=C/S(=O)(=O)c1ccccc1. The Balaban J connectivity index is 2.49. The molecule has 0 aromatic heterocycles. The van der Waals surface area contributed by atoms with Crippen LogP contribution in [0.15, 0.2) is 46.7 Å². The number of halogens is 1. The van der Waals surface area contributed by atoms with Crippen LogP contribution in [0, 0.1) is 0 Å². The predicted octanol–water partition coefficient (Wildman–Crippen LogP) is 2.95. The third-order valence-corrected chi connectivity index (χ3v) is 4.10. The minimum Gasteiger partial charge on any atom is -0.298 e. The van der Waals surface area contributed by atoms with Crippen molar-refractivity contribution >= 4 is 27.2 Å². The van der Waals surface area contributed by atoms with E-state index in [1.54, 1.807) is 36.4 Å². The molecule has 5 heteroatoms. The van der Waals surface area contributed by atoms with Gasteiger partial charge in [0.1, 0.15) is 5.78 Å². The number of sulfone groups is 1. The number of carbonyl (C=O) groups is 1. The highest BCUT2D eigenvalue weighted by Crippen LogP contribution is 2.12. The van der Waals surface area contributed by atoms with Crippen LogP contribution in [-0.2, 0) is 14.6 Å². The number of Topliss-reactive ketones (excluding diaryl/α,β-unsaturated/α-hetero) is 1. The molecule has 0 heterocycles. The average Bonchev–Trinajstić information content (AvgIpc) is 2.39. The maximum absolute atomic E-state index is 11.8. The third kappa shape index (κ3) is 5.02. The van der Waals surface area contributed by atoms with Crippen molar-refractivity contribution in [1.82, 2.24) is 0 Å². The van der Waals surface area contributed by atoms with E-state index in [4.69, 9.17) is 11.6 Å². The normalized spacial score (nSPS) is 11.8. The molecule has 18 heavy (non-hydrogen) atoms. The Kier molecular flexibility index (Phi) is 6.09. The van der Waals surface area contributed by atoms with Gasteiger partial charge in [-0.2, -0.15) is 0 Å². The summed E-state index contributed by atoms with van der Waals surface area (Å²) in [5, 5.41) is 1.19. The van der Waals surface area contributed by atoms with Crippen LogP contribution in [0.4, 0.5) is 0 Å². The molecule has 0 amide bonds. The lowest BCUT2D eigenvalue weighted by Gasteiger charge is -1.98. The van der Waals surface area contributed by atoms with Crippen molar-refractivity contribution < 1.29 is 13.2 Å². The van der Waals surface area contributed by atoms with Gasteiger partial charge < -0.3 is 0 Å². The van der Waals surface area contributed by atoms with E-state index < -0.39 is 9.84 Å². The fourth-order valence-corrected chi connectivity index (χ4v) is 2.58. The van der Waals surface area contributed by atoms with E-state index in [0.717, 1.165) is 0 Å². The number of hydrogen-bond donors (Lipinski definition) is 0. The number of ketones is 1. The smallest absolute Gasteiger partial charge is 0.199 e. The molecule has 0 unspecified atom stereocenters. The van der Waals surface area contributed by atoms with Crippen molar-refractivity contribution in [2.75, 3.05) is 5.88 Å². The summed E-state index contributed by atoms with van der Waals surface area (Å²) in [7, 11) is -3.36. The van der Waals surface area contributed by atoms with Crippen LogP contribution in [-0.4, -0.2) is 20.1 Å². The summed E-state index contributed by atoms with van der Waals surface area (Å²) < 4.78 is 23.6. The maximum atomic E-state index is 11.8. The highest BCUT2D eigenvalue weighted by molar-refractivity contribution is 7.94. The molecule has 0 bridgehead atoms. The molecule has 1 rings (SSSR count). The van der Waals surface area contributed by atoms with E-state index in [1.165, 1.54) is 5.41 Å². The van der Waals surface area contributed by atoms with Gasteiger partial charge in [0.05, 0.1) is 10.8 Å². The standard InChI is InChI=1S/C13H15ClO3S/c14-11-12(15)7-3-2-6-10-18(16,17)13-8-4-1-5-9-13/h1,4-6,8-10H,2-3,7,11H2/b10-6+. The number of benzene rings is 1. The largest absolute Gasteiger partial charge is 0.298 e. The summed E-state index contributed by atoms with van der Waals surface area (Å²) in [5.74, 6) is 0.00226. The molecular weight excluding hydrogens is 272 g/mol. The molecule has 0 N–H and O–H groups in total. The Morgan fingerprint density at radius 3 is 2.50 bits per heavy atom. The molecule has 1 aromatic rings. The molecule has 0 spiro atoms. The van der Waals surface area contributed by atoms with E-state index in [9.17, 15) is 13.2 Å². The molecular formula is C13H15ClO3S. The molecule has 0 saturated heterocycles. The fraction of sp³-hybridized carbons (Fsp3) is 0.308. The quantitative estimate of drug-likeness (QED) is 0.572. The minimum absolute atomic E-state index is 0.0176. The van der Waals surface area contributed by atoms with Crippen LogP contribution in [0.25, 0.3) is 0 Å². The van der Waals surface area contributed by atoms with Crippen LogP contribution in [0.1, 0.15) is 19.3 Å². The van der Waals surface area contributed by atoms with Crippen LogP contribution >= 0.6 is 11.6 Å². The lowest BCUT2D eigenvalue weighted by atomic mass is 10.2. The highest BCUT2D eigenvalue weighted by Gasteiger charge is 2.08. The Morgan fingerprint density at radius 1 is 1.22 bits per heavy atom. The second-order valence-corrected chi connectivity index (χ2v) is 5.90. The number of unbranched alkanes of at least 4 members (excludes halogenated alkanes) is 1. The minimum atomic E-state index is -3.36. The van der Waals surface area contributed by atoms with E-state index in [-0.39, 0.29) is 16.6 Å². The molecule has 0 saturated carbocycles. The van der Waals surface area contributed by atoms with Crippen molar-refractivity contribution in [2.24, 2.45) is 0 Å². The van der Waals surface area contributed by atoms with E-state index in [2.05, 4.69) is 0 Å². The molecule has 0 atom stereocenters. The van der Waals surface area contributed by atoms with Crippen LogP contribution < -0.4 is 0 Å². The van der Waals surface area contributed by atoms with Crippen molar-refractivity contribution in [3.05, 3.63) is 41.8 Å². The van der Waals surface area contributed by atoms with Gasteiger partial charge in [-0.05, 0) is 25.0 Å². The summed E-state index contributed by atoms with van der Waals surface area (Å²) >= 11 is 5.35. The Hall–Kier alpha value is -1.13. The second kappa shape index (κ2) is 7.34. The van der Waals surface area contributed by atoms with Crippen LogP contribution in [0.3, 0.4) is 0 Å². The van der Waals surface area contributed by atoms with Crippen LogP contribution in [0.5, 0.6) is 0 Å². The predicted molar refractivity (Wildman–Crippen MR) is 72.3 cm³/mol. The number of hydrogen-bond acceptors (Lipinski definition) is 3. The summed E-state index contributed by atoms with van der Waals surface area (Å²) in [4.78, 5) is 11.2. The van der Waals surface area contributed by atoms with E-state index >= 15 is 0 Å². The fourth-order valence-electron chi connectivity index (χ4n) is 1.37. The molecule has 1 aromatic carbocycles. The first-order chi connectivity index (χ1) is 8.56. The first-order valence-electron chi connectivity index (χ1n) is 5.60. The molecule has 3 nitrogen and oxygen atoms in total. The number of allylic oxidation sites excluding steroid dienone is 1. The van der Waals surface area contributed by atoms with Gasteiger partial charge in [0.2, 0.25) is 0 Å². The first-order valence-corrected chi connectivity index (χ1v) is 7.68. The van der Waals surface area contributed by atoms with Gasteiger partial charge in [-0.15, -0.1) is 11.6 Å². The number of carbonyl (C=O) groups excluding carboxylic acids is 1. The highest BCUT2D eigenvalue weighted by atomic mass is 35.5. The maximum Gasteiger partial charge on any atom is 0.199 e. The van der Waals surface area contributed by atoms with Gasteiger partial charge >= 0.3 is 0 Å². The van der Waals surface area contributed by atoms with Crippen molar-refractivity contribution in [2.45, 2.75) is 24.2 Å². The Morgan fingerprint density at radius 2 is 1.89 bits per heavy atom. The molecule has 0 aliphatic heterocycles. The average molecular weight is 287 g/mol. The van der Waals surface area contributed by atoms with Gasteiger partial charge in [0.25, 0.3) is 0 Å². The second-order valence-electron chi connectivity index (χ2n) is 3.79. The van der Waals surface area contributed by atoms with Crippen LogP contribution in [0.2, 0.25) is 0 Å². The summed E-state index contributed by atoms with van der Waals surface area (Å²) in [6.07, 6.45) is 3.13. The zero-order valence-corrected chi connectivity index (χ0v) is 11.5. The van der Waals surface area contributed by atoms with Gasteiger partial charge in [-0.25, -0.2) is 8.42 Å². The summed E-state index contributed by atoms with van der Waals surface area (Å²) in [5.41, 5.74) is 0. The molecule has 0 fully saturated rings. The molecule has 0 aliphatic carbocycles. The lowest BCUT2D eigenvalue weighted by Crippen LogP contribution is -1.98. The number of alkyl halides is 1. The lowest BCUT2D eigenvalue weighted by molar-refractivity contribution is -0.116. The van der Waals surface area contributed by atoms with Gasteiger partial charge in [-0.3, -0.25) is 4.79 Å². The zero-order valence-electron chi connectivity index (χ0n) is 9.88.